The van der Waals surface area contributed by atoms with Gasteiger partial charge in [0.25, 0.3) is 0 Å². The molecule has 7 heteroatoms. The maximum atomic E-state index is 4.76. The SMILES string of the molecule is C=C(NC)/C(=C/C)N(/C=N/C(=N\C=C(C)C)Nc1ccc(NCCNCCC)cc1)C(CC)CC. The molecule has 1 aromatic carbocycles. The van der Waals surface area contributed by atoms with Gasteiger partial charge < -0.3 is 26.2 Å². The van der Waals surface area contributed by atoms with Crippen molar-refractivity contribution in [1.82, 2.24) is 15.5 Å². The summed E-state index contributed by atoms with van der Waals surface area (Å²) in [6, 6.07) is 8.51. The van der Waals surface area contributed by atoms with E-state index in [-0.39, 0.29) is 0 Å². The van der Waals surface area contributed by atoms with Crippen molar-refractivity contribution in [1.29, 1.82) is 0 Å². The van der Waals surface area contributed by atoms with E-state index in [1.165, 1.54) is 0 Å². The van der Waals surface area contributed by atoms with Gasteiger partial charge in [0.15, 0.2) is 0 Å². The Balaban J connectivity index is 3.08. The number of guanidine groups is 1. The van der Waals surface area contributed by atoms with Crippen molar-refractivity contribution in [2.24, 2.45) is 9.98 Å². The number of likely N-dealkylation sites (N-methyl/N-ethyl adjacent to an activating group) is 1. The second-order valence-corrected chi connectivity index (χ2v) is 8.56. The van der Waals surface area contributed by atoms with E-state index < -0.39 is 0 Å². The molecule has 0 aromatic heterocycles. The molecule has 0 bridgehead atoms. The van der Waals surface area contributed by atoms with Gasteiger partial charge in [0.05, 0.1) is 17.7 Å². The lowest BCUT2D eigenvalue weighted by atomic mass is 10.1. The topological polar surface area (TPSA) is 76.1 Å². The molecule has 0 amide bonds. The molecule has 0 aliphatic heterocycles. The van der Waals surface area contributed by atoms with Gasteiger partial charge in [-0.1, -0.05) is 39.0 Å². The minimum absolute atomic E-state index is 0.303. The van der Waals surface area contributed by atoms with Gasteiger partial charge in [-0.25, -0.2) is 9.98 Å². The van der Waals surface area contributed by atoms with Crippen molar-refractivity contribution in [3.63, 3.8) is 0 Å². The first-order chi connectivity index (χ1) is 16.9. The lowest BCUT2D eigenvalue weighted by Gasteiger charge is -2.31. The Bertz CT molecular complexity index is 858. The van der Waals surface area contributed by atoms with Gasteiger partial charge >= 0.3 is 0 Å². The van der Waals surface area contributed by atoms with Crippen molar-refractivity contribution >= 4 is 23.7 Å². The summed E-state index contributed by atoms with van der Waals surface area (Å²) in [5, 5.41) is 13.4. The molecule has 194 valence electrons. The molecule has 0 fully saturated rings. The van der Waals surface area contributed by atoms with Crippen LogP contribution in [0.3, 0.4) is 0 Å². The number of hydrogen-bond acceptors (Lipinski definition) is 4. The van der Waals surface area contributed by atoms with Crippen LogP contribution in [-0.4, -0.2) is 49.9 Å². The summed E-state index contributed by atoms with van der Waals surface area (Å²) in [5.41, 5.74) is 4.98. The highest BCUT2D eigenvalue weighted by molar-refractivity contribution is 5.98. The molecule has 0 aliphatic rings. The Morgan fingerprint density at radius 2 is 1.69 bits per heavy atom. The lowest BCUT2D eigenvalue weighted by Crippen LogP contribution is -2.35. The average molecular weight is 482 g/mol. The third kappa shape index (κ3) is 11.3. The van der Waals surface area contributed by atoms with Crippen LogP contribution in [0.1, 0.15) is 60.8 Å². The van der Waals surface area contributed by atoms with Gasteiger partial charge in [-0.05, 0) is 70.8 Å². The summed E-state index contributed by atoms with van der Waals surface area (Å²) in [5.74, 6) is 0.525. The van der Waals surface area contributed by atoms with Gasteiger partial charge in [-0.2, -0.15) is 0 Å². The molecule has 1 rings (SSSR count). The smallest absolute Gasteiger partial charge is 0.228 e. The van der Waals surface area contributed by atoms with E-state index >= 15 is 0 Å². The van der Waals surface area contributed by atoms with Crippen LogP contribution < -0.4 is 21.3 Å². The summed E-state index contributed by atoms with van der Waals surface area (Å²) in [6.45, 7) is 19.7. The number of benzene rings is 1. The van der Waals surface area contributed by atoms with E-state index in [1.54, 1.807) is 0 Å². The zero-order valence-corrected chi connectivity index (χ0v) is 22.9. The van der Waals surface area contributed by atoms with Gasteiger partial charge in [-0.3, -0.25) is 0 Å². The maximum Gasteiger partial charge on any atom is 0.228 e. The fourth-order valence-corrected chi connectivity index (χ4v) is 3.44. The van der Waals surface area contributed by atoms with Crippen LogP contribution in [0.25, 0.3) is 0 Å². The van der Waals surface area contributed by atoms with Crippen LogP contribution in [0.5, 0.6) is 0 Å². The van der Waals surface area contributed by atoms with Gasteiger partial charge in [-0.15, -0.1) is 0 Å². The lowest BCUT2D eigenvalue weighted by molar-refractivity contribution is 0.363. The fourth-order valence-electron chi connectivity index (χ4n) is 3.44. The summed E-state index contributed by atoms with van der Waals surface area (Å²) in [4.78, 5) is 11.5. The standard InChI is InChI=1S/C28H47N7/c1-9-17-30-18-19-31-24-13-15-25(16-14-24)34-28(32-20-22(5)6)33-21-35(26(10-2)11-3)27(12-4)23(7)29-8/h12-16,20-21,26,29-31H,7,9-11,17-19H2,1-6,8H3,(H,32,34)/b27-12-,33-21+. The molecular formula is C28H47N7. The number of nitrogens with one attached hydrogen (secondary N) is 4. The summed E-state index contributed by atoms with van der Waals surface area (Å²) in [7, 11) is 1.89. The van der Waals surface area contributed by atoms with Crippen molar-refractivity contribution in [3.8, 4) is 0 Å². The predicted molar refractivity (Wildman–Crippen MR) is 155 cm³/mol. The van der Waals surface area contributed by atoms with Crippen LogP contribution in [0.15, 0.2) is 70.1 Å². The molecule has 1 aromatic rings. The zero-order chi connectivity index (χ0) is 26.1. The Morgan fingerprint density at radius 1 is 1.03 bits per heavy atom. The zero-order valence-electron chi connectivity index (χ0n) is 22.9. The van der Waals surface area contributed by atoms with Crippen LogP contribution >= 0.6 is 0 Å². The Morgan fingerprint density at radius 3 is 2.23 bits per heavy atom. The minimum atomic E-state index is 0.303. The van der Waals surface area contributed by atoms with Crippen LogP contribution in [0, 0.1) is 0 Å². The van der Waals surface area contributed by atoms with Crippen molar-refractivity contribution in [3.05, 3.63) is 60.1 Å². The third-order valence-corrected chi connectivity index (χ3v) is 5.45. The Hall–Kier alpha value is -3.06. The molecule has 0 spiro atoms. The predicted octanol–water partition coefficient (Wildman–Crippen LogP) is 5.95. The van der Waals surface area contributed by atoms with Crippen LogP contribution in [0.2, 0.25) is 0 Å². The largest absolute Gasteiger partial charge is 0.387 e. The summed E-state index contributed by atoms with van der Waals surface area (Å²) >= 11 is 0. The maximum absolute atomic E-state index is 4.76. The normalized spacial score (nSPS) is 12.1. The highest BCUT2D eigenvalue weighted by Gasteiger charge is 2.18. The highest BCUT2D eigenvalue weighted by Crippen LogP contribution is 2.18. The molecule has 0 radical (unpaired) electrons. The molecule has 0 saturated heterocycles. The second kappa shape index (κ2) is 17.4. The average Bonchev–Trinajstić information content (AvgIpc) is 2.86. The second-order valence-electron chi connectivity index (χ2n) is 8.56. The number of aliphatic imine (C=N–C) groups is 2. The number of anilines is 2. The number of hydrogen-bond donors (Lipinski definition) is 4. The molecule has 0 aliphatic carbocycles. The van der Waals surface area contributed by atoms with E-state index in [1.807, 2.05) is 52.5 Å². The van der Waals surface area contributed by atoms with E-state index in [0.717, 1.165) is 67.2 Å². The molecule has 0 unspecified atom stereocenters. The van der Waals surface area contributed by atoms with Crippen molar-refractivity contribution < 1.29 is 0 Å². The monoisotopic (exact) mass is 481 g/mol. The van der Waals surface area contributed by atoms with E-state index in [2.05, 4.69) is 76.7 Å². The first kappa shape index (κ1) is 30.0. The van der Waals surface area contributed by atoms with Crippen molar-refractivity contribution in [2.45, 2.75) is 66.8 Å². The first-order valence-corrected chi connectivity index (χ1v) is 12.8. The van der Waals surface area contributed by atoms with Crippen molar-refractivity contribution in [2.75, 3.05) is 37.3 Å². The Labute approximate surface area is 213 Å². The molecule has 0 heterocycles. The van der Waals surface area contributed by atoms with Gasteiger partial charge in [0.1, 0.15) is 0 Å². The molecule has 35 heavy (non-hydrogen) atoms. The Kier molecular flexibility index (Phi) is 14.9. The van der Waals surface area contributed by atoms with Gasteiger partial charge in [0, 0.05) is 43.8 Å². The number of allylic oxidation sites excluding steroid dienone is 2. The van der Waals surface area contributed by atoms with Crippen LogP contribution in [0.4, 0.5) is 11.4 Å². The molecule has 0 atom stereocenters. The minimum Gasteiger partial charge on any atom is -0.387 e. The summed E-state index contributed by atoms with van der Waals surface area (Å²) < 4.78 is 0. The molecule has 7 nitrogen and oxygen atoms in total. The van der Waals surface area contributed by atoms with Crippen LogP contribution in [-0.2, 0) is 0 Å². The number of rotatable bonds is 15. The van der Waals surface area contributed by atoms with E-state index in [0.29, 0.717) is 12.0 Å². The molecule has 0 saturated carbocycles. The quantitative estimate of drug-likeness (QED) is 0.108. The van der Waals surface area contributed by atoms with Gasteiger partial charge in [0.2, 0.25) is 5.96 Å². The summed E-state index contributed by atoms with van der Waals surface area (Å²) in [6.07, 6.45) is 8.88. The highest BCUT2D eigenvalue weighted by atomic mass is 15.2. The third-order valence-electron chi connectivity index (χ3n) is 5.45. The first-order valence-electron chi connectivity index (χ1n) is 12.8. The molecular weight excluding hydrogens is 434 g/mol. The fraction of sp³-hybridized carbons (Fsp3) is 0.500. The number of nitrogens with zero attached hydrogens (tertiary/aromatic N) is 3. The molecule has 4 N–H and O–H groups in total. The van der Waals surface area contributed by atoms with E-state index in [4.69, 9.17) is 4.99 Å². The van der Waals surface area contributed by atoms with E-state index in [9.17, 15) is 0 Å².